The van der Waals surface area contributed by atoms with E-state index in [1.807, 2.05) is 12.1 Å². The van der Waals surface area contributed by atoms with Crippen LogP contribution in [0.15, 0.2) is 24.3 Å². The highest BCUT2D eigenvalue weighted by molar-refractivity contribution is 5.94. The maximum Gasteiger partial charge on any atom is 0.251 e. The van der Waals surface area contributed by atoms with Crippen LogP contribution in [0.1, 0.15) is 28.8 Å². The van der Waals surface area contributed by atoms with E-state index >= 15 is 0 Å². The number of hydrogen-bond donors (Lipinski definition) is 2. The van der Waals surface area contributed by atoms with Crippen molar-refractivity contribution in [3.05, 3.63) is 35.4 Å². The maximum atomic E-state index is 12.1. The molecule has 1 atom stereocenters. The molecule has 0 spiro atoms. The minimum Gasteiger partial charge on any atom is -0.348 e. The van der Waals surface area contributed by atoms with Crippen LogP contribution < -0.4 is 11.1 Å². The highest BCUT2D eigenvalue weighted by Crippen LogP contribution is 2.11. The fourth-order valence-electron chi connectivity index (χ4n) is 2.19. The zero-order chi connectivity index (χ0) is 13.8. The van der Waals surface area contributed by atoms with E-state index in [1.165, 1.54) is 0 Å². The molecule has 5 nitrogen and oxygen atoms in total. The predicted octanol–water partition coefficient (Wildman–Crippen LogP) is 0.496. The Labute approximate surface area is 112 Å². The second-order valence-corrected chi connectivity index (χ2v) is 4.88. The lowest BCUT2D eigenvalue weighted by atomic mass is 10.0. The van der Waals surface area contributed by atoms with Gasteiger partial charge in [-0.3, -0.25) is 9.59 Å². The molecule has 0 aliphatic carbocycles. The SMILES string of the molecule is CN1CC(NC(=O)c2ccc(CN)cc2)CCC1=O. The molecule has 5 heteroatoms. The predicted molar refractivity (Wildman–Crippen MR) is 72.5 cm³/mol. The fraction of sp³-hybridized carbons (Fsp3) is 0.429. The molecule has 102 valence electrons. The van der Waals surface area contributed by atoms with Crippen LogP contribution in [0.4, 0.5) is 0 Å². The second-order valence-electron chi connectivity index (χ2n) is 4.88. The Morgan fingerprint density at radius 3 is 2.68 bits per heavy atom. The van der Waals surface area contributed by atoms with Gasteiger partial charge < -0.3 is 16.0 Å². The first-order valence-electron chi connectivity index (χ1n) is 6.44. The number of amides is 2. The molecule has 3 N–H and O–H groups in total. The lowest BCUT2D eigenvalue weighted by Crippen LogP contribution is -2.48. The van der Waals surface area contributed by atoms with Crippen molar-refractivity contribution in [3.63, 3.8) is 0 Å². The number of hydrogen-bond acceptors (Lipinski definition) is 3. The molecule has 1 saturated heterocycles. The zero-order valence-corrected chi connectivity index (χ0v) is 11.1. The number of rotatable bonds is 3. The van der Waals surface area contributed by atoms with Crippen molar-refractivity contribution in [2.24, 2.45) is 5.73 Å². The van der Waals surface area contributed by atoms with Gasteiger partial charge in [0.1, 0.15) is 0 Å². The normalized spacial score (nSPS) is 19.4. The van der Waals surface area contributed by atoms with E-state index < -0.39 is 0 Å². The number of nitrogens with two attached hydrogens (primary N) is 1. The van der Waals surface area contributed by atoms with Crippen LogP contribution in [0.25, 0.3) is 0 Å². The number of carbonyl (C=O) groups is 2. The number of nitrogens with zero attached hydrogens (tertiary/aromatic N) is 1. The number of piperidine rings is 1. The summed E-state index contributed by atoms with van der Waals surface area (Å²) in [4.78, 5) is 25.1. The monoisotopic (exact) mass is 261 g/mol. The number of nitrogens with one attached hydrogen (secondary N) is 1. The Bertz CT molecular complexity index is 470. The molecule has 2 rings (SSSR count). The number of benzene rings is 1. The molecular formula is C14H19N3O2. The second kappa shape index (κ2) is 5.84. The Morgan fingerprint density at radius 1 is 1.42 bits per heavy atom. The average molecular weight is 261 g/mol. The molecule has 0 saturated carbocycles. The molecule has 1 unspecified atom stereocenters. The summed E-state index contributed by atoms with van der Waals surface area (Å²) in [5.74, 6) is 0.0362. The van der Waals surface area contributed by atoms with E-state index in [4.69, 9.17) is 5.73 Å². The molecule has 1 aromatic carbocycles. The number of carbonyl (C=O) groups excluding carboxylic acids is 2. The van der Waals surface area contributed by atoms with Crippen LogP contribution in [0.5, 0.6) is 0 Å². The first kappa shape index (κ1) is 13.5. The fourth-order valence-corrected chi connectivity index (χ4v) is 2.19. The van der Waals surface area contributed by atoms with Gasteiger partial charge >= 0.3 is 0 Å². The first-order valence-corrected chi connectivity index (χ1v) is 6.44. The Balaban J connectivity index is 1.95. The van der Waals surface area contributed by atoms with Crippen LogP contribution in [-0.4, -0.2) is 36.3 Å². The van der Waals surface area contributed by atoms with Gasteiger partial charge in [-0.1, -0.05) is 12.1 Å². The molecule has 1 aromatic rings. The summed E-state index contributed by atoms with van der Waals surface area (Å²) < 4.78 is 0. The van der Waals surface area contributed by atoms with E-state index in [0.717, 1.165) is 5.56 Å². The Hall–Kier alpha value is -1.88. The van der Waals surface area contributed by atoms with Gasteiger partial charge in [0, 0.05) is 38.2 Å². The minimum atomic E-state index is -0.101. The van der Waals surface area contributed by atoms with Gasteiger partial charge in [0.15, 0.2) is 0 Å². The largest absolute Gasteiger partial charge is 0.348 e. The number of likely N-dealkylation sites (tertiary alicyclic amines) is 1. The summed E-state index contributed by atoms with van der Waals surface area (Å²) in [6, 6.07) is 7.28. The van der Waals surface area contributed by atoms with Crippen molar-refractivity contribution in [2.75, 3.05) is 13.6 Å². The van der Waals surface area contributed by atoms with E-state index in [-0.39, 0.29) is 17.9 Å². The van der Waals surface area contributed by atoms with Gasteiger partial charge in [-0.25, -0.2) is 0 Å². The van der Waals surface area contributed by atoms with E-state index in [0.29, 0.717) is 31.5 Å². The third-order valence-electron chi connectivity index (χ3n) is 3.41. The van der Waals surface area contributed by atoms with E-state index in [2.05, 4.69) is 5.32 Å². The van der Waals surface area contributed by atoms with Crippen LogP contribution in [0.3, 0.4) is 0 Å². The molecule has 1 fully saturated rings. The van der Waals surface area contributed by atoms with Crippen molar-refractivity contribution < 1.29 is 9.59 Å². The quantitative estimate of drug-likeness (QED) is 0.831. The molecule has 19 heavy (non-hydrogen) atoms. The standard InChI is InChI=1S/C14H19N3O2/c1-17-9-12(6-7-13(17)18)16-14(19)11-4-2-10(8-15)3-5-11/h2-5,12H,6-9,15H2,1H3,(H,16,19). The highest BCUT2D eigenvalue weighted by atomic mass is 16.2. The molecular weight excluding hydrogens is 242 g/mol. The van der Waals surface area contributed by atoms with Crippen LogP contribution >= 0.6 is 0 Å². The smallest absolute Gasteiger partial charge is 0.251 e. The molecule has 1 aliphatic heterocycles. The summed E-state index contributed by atoms with van der Waals surface area (Å²) in [5, 5.41) is 2.96. The molecule has 0 aromatic heterocycles. The van der Waals surface area contributed by atoms with Crippen molar-refractivity contribution in [3.8, 4) is 0 Å². The summed E-state index contributed by atoms with van der Waals surface area (Å²) in [6.45, 7) is 1.04. The molecule has 0 radical (unpaired) electrons. The van der Waals surface area contributed by atoms with Gasteiger partial charge in [-0.05, 0) is 24.1 Å². The first-order chi connectivity index (χ1) is 9.10. The van der Waals surface area contributed by atoms with Gasteiger partial charge in [0.25, 0.3) is 5.91 Å². The Kier molecular flexibility index (Phi) is 4.16. The van der Waals surface area contributed by atoms with Crippen molar-refractivity contribution in [2.45, 2.75) is 25.4 Å². The number of likely N-dealkylation sites (N-methyl/N-ethyl adjacent to an activating group) is 1. The topological polar surface area (TPSA) is 75.4 Å². The van der Waals surface area contributed by atoms with Crippen molar-refractivity contribution >= 4 is 11.8 Å². The van der Waals surface area contributed by atoms with Crippen molar-refractivity contribution in [1.29, 1.82) is 0 Å². The highest BCUT2D eigenvalue weighted by Gasteiger charge is 2.24. The maximum absolute atomic E-state index is 12.1. The van der Waals surface area contributed by atoms with Gasteiger partial charge in [-0.2, -0.15) is 0 Å². The summed E-state index contributed by atoms with van der Waals surface area (Å²) in [7, 11) is 1.76. The van der Waals surface area contributed by atoms with Crippen molar-refractivity contribution in [1.82, 2.24) is 10.2 Å². The lowest BCUT2D eigenvalue weighted by Gasteiger charge is -2.30. The summed E-state index contributed by atoms with van der Waals surface area (Å²) >= 11 is 0. The van der Waals surface area contributed by atoms with Crippen LogP contribution in [0.2, 0.25) is 0 Å². The average Bonchev–Trinajstić information content (AvgIpc) is 2.43. The Morgan fingerprint density at radius 2 is 2.11 bits per heavy atom. The van der Waals surface area contributed by atoms with Gasteiger partial charge in [0.05, 0.1) is 0 Å². The summed E-state index contributed by atoms with van der Waals surface area (Å²) in [6.07, 6.45) is 1.20. The summed E-state index contributed by atoms with van der Waals surface area (Å²) in [5.41, 5.74) is 7.14. The van der Waals surface area contributed by atoms with E-state index in [1.54, 1.807) is 24.1 Å². The van der Waals surface area contributed by atoms with Gasteiger partial charge in [-0.15, -0.1) is 0 Å². The van der Waals surface area contributed by atoms with Crippen LogP contribution in [-0.2, 0) is 11.3 Å². The third kappa shape index (κ3) is 3.32. The molecule has 2 amide bonds. The molecule has 0 bridgehead atoms. The van der Waals surface area contributed by atoms with Crippen LogP contribution in [0, 0.1) is 0 Å². The minimum absolute atomic E-state index is 0.0318. The molecule has 1 aliphatic rings. The van der Waals surface area contributed by atoms with Gasteiger partial charge in [0.2, 0.25) is 5.91 Å². The molecule has 1 heterocycles. The third-order valence-corrected chi connectivity index (χ3v) is 3.41. The lowest BCUT2D eigenvalue weighted by molar-refractivity contribution is -0.132. The van der Waals surface area contributed by atoms with E-state index in [9.17, 15) is 9.59 Å². The zero-order valence-electron chi connectivity index (χ0n) is 11.1.